The third-order valence-corrected chi connectivity index (χ3v) is 2.52. The number of carbonyl (C=O) groups excluding carboxylic acids is 1. The van der Waals surface area contributed by atoms with E-state index in [9.17, 15) is 4.79 Å². The molecular formula is C14H17ClO2. The first-order valence-electron chi connectivity index (χ1n) is 5.79. The minimum Gasteiger partial charge on any atom is -0.466 e. The second kappa shape index (κ2) is 7.91. The molecule has 0 aromatic heterocycles. The maximum Gasteiger partial charge on any atom is 0.305 e. The Bertz CT molecular complexity index is 371. The standard InChI is InChI=1S/C14H17ClO2/c1-2-17-14(16)10-6-9-13(15)11-12-7-4-3-5-8-12/h3-5,7-8,11H,2,6,9-10H2,1H3/b13-11-. The number of benzene rings is 1. The van der Waals surface area contributed by atoms with Gasteiger partial charge in [-0.2, -0.15) is 0 Å². The van der Waals surface area contributed by atoms with E-state index in [0.29, 0.717) is 19.4 Å². The summed E-state index contributed by atoms with van der Waals surface area (Å²) in [7, 11) is 0. The van der Waals surface area contributed by atoms with E-state index >= 15 is 0 Å². The van der Waals surface area contributed by atoms with Crippen LogP contribution in [-0.2, 0) is 9.53 Å². The van der Waals surface area contributed by atoms with Gasteiger partial charge in [-0.3, -0.25) is 4.79 Å². The van der Waals surface area contributed by atoms with Crippen LogP contribution in [0, 0.1) is 0 Å². The molecule has 0 saturated heterocycles. The van der Waals surface area contributed by atoms with E-state index in [1.54, 1.807) is 6.92 Å². The SMILES string of the molecule is CCOC(=O)CCC/C(Cl)=C/c1ccccc1. The van der Waals surface area contributed by atoms with Crippen molar-refractivity contribution in [1.29, 1.82) is 0 Å². The Balaban J connectivity index is 2.32. The number of ether oxygens (including phenoxy) is 1. The smallest absolute Gasteiger partial charge is 0.305 e. The van der Waals surface area contributed by atoms with Crippen molar-refractivity contribution in [3.63, 3.8) is 0 Å². The quantitative estimate of drug-likeness (QED) is 0.716. The fourth-order valence-electron chi connectivity index (χ4n) is 1.44. The normalized spacial score (nSPS) is 11.3. The molecule has 0 unspecified atom stereocenters. The Morgan fingerprint density at radius 2 is 2.00 bits per heavy atom. The molecular weight excluding hydrogens is 236 g/mol. The predicted octanol–water partition coefficient (Wildman–Crippen LogP) is 4.00. The van der Waals surface area contributed by atoms with Crippen LogP contribution in [0.25, 0.3) is 6.08 Å². The van der Waals surface area contributed by atoms with E-state index in [0.717, 1.165) is 17.0 Å². The van der Waals surface area contributed by atoms with Gasteiger partial charge < -0.3 is 4.74 Å². The minimum absolute atomic E-state index is 0.156. The highest BCUT2D eigenvalue weighted by Crippen LogP contribution is 2.16. The Morgan fingerprint density at radius 3 is 2.65 bits per heavy atom. The number of rotatable bonds is 6. The van der Waals surface area contributed by atoms with E-state index in [-0.39, 0.29) is 5.97 Å². The molecule has 0 aliphatic rings. The van der Waals surface area contributed by atoms with E-state index in [2.05, 4.69) is 0 Å². The summed E-state index contributed by atoms with van der Waals surface area (Å²) in [5.74, 6) is -0.156. The zero-order valence-electron chi connectivity index (χ0n) is 9.99. The summed E-state index contributed by atoms with van der Waals surface area (Å²) in [6, 6.07) is 9.89. The van der Waals surface area contributed by atoms with Crippen LogP contribution in [0.15, 0.2) is 35.4 Å². The van der Waals surface area contributed by atoms with Gasteiger partial charge in [0.15, 0.2) is 0 Å². The van der Waals surface area contributed by atoms with Crippen molar-refractivity contribution in [2.75, 3.05) is 6.61 Å². The largest absolute Gasteiger partial charge is 0.466 e. The second-order valence-corrected chi connectivity index (χ2v) is 4.15. The summed E-state index contributed by atoms with van der Waals surface area (Å²) >= 11 is 6.08. The Morgan fingerprint density at radius 1 is 1.29 bits per heavy atom. The zero-order chi connectivity index (χ0) is 12.5. The molecule has 0 N–H and O–H groups in total. The van der Waals surface area contributed by atoms with Gasteiger partial charge in [0, 0.05) is 11.5 Å². The molecule has 0 atom stereocenters. The molecule has 0 saturated carbocycles. The van der Waals surface area contributed by atoms with Crippen LogP contribution < -0.4 is 0 Å². The average Bonchev–Trinajstić information content (AvgIpc) is 2.30. The van der Waals surface area contributed by atoms with Crippen LogP contribution in [-0.4, -0.2) is 12.6 Å². The van der Waals surface area contributed by atoms with Crippen LogP contribution in [0.3, 0.4) is 0 Å². The van der Waals surface area contributed by atoms with Gasteiger partial charge in [-0.25, -0.2) is 0 Å². The molecule has 17 heavy (non-hydrogen) atoms. The lowest BCUT2D eigenvalue weighted by atomic mass is 10.1. The Hall–Kier alpha value is -1.28. The molecule has 0 bridgehead atoms. The van der Waals surface area contributed by atoms with Crippen LogP contribution in [0.5, 0.6) is 0 Å². The highest BCUT2D eigenvalue weighted by molar-refractivity contribution is 6.31. The van der Waals surface area contributed by atoms with Crippen molar-refractivity contribution < 1.29 is 9.53 Å². The molecule has 1 aromatic carbocycles. The van der Waals surface area contributed by atoms with Gasteiger partial charge in [0.05, 0.1) is 6.61 Å². The summed E-state index contributed by atoms with van der Waals surface area (Å²) < 4.78 is 4.84. The molecule has 1 aromatic rings. The van der Waals surface area contributed by atoms with Gasteiger partial charge in [0.1, 0.15) is 0 Å². The summed E-state index contributed by atoms with van der Waals surface area (Å²) in [6.45, 7) is 2.24. The molecule has 0 heterocycles. The Kier molecular flexibility index (Phi) is 6.41. The molecule has 1 rings (SSSR count). The van der Waals surface area contributed by atoms with Crippen LogP contribution in [0.2, 0.25) is 0 Å². The van der Waals surface area contributed by atoms with Gasteiger partial charge in [0.2, 0.25) is 0 Å². The third-order valence-electron chi connectivity index (χ3n) is 2.22. The van der Waals surface area contributed by atoms with Crippen LogP contribution in [0.4, 0.5) is 0 Å². The van der Waals surface area contributed by atoms with Crippen molar-refractivity contribution in [3.05, 3.63) is 40.9 Å². The van der Waals surface area contributed by atoms with E-state index in [1.807, 2.05) is 36.4 Å². The number of carbonyl (C=O) groups is 1. The van der Waals surface area contributed by atoms with Gasteiger partial charge >= 0.3 is 5.97 Å². The molecule has 0 spiro atoms. The molecule has 0 fully saturated rings. The number of allylic oxidation sites excluding steroid dienone is 1. The molecule has 0 radical (unpaired) electrons. The molecule has 2 nitrogen and oxygen atoms in total. The zero-order valence-corrected chi connectivity index (χ0v) is 10.7. The maximum absolute atomic E-state index is 11.1. The van der Waals surface area contributed by atoms with Crippen molar-refractivity contribution in [3.8, 4) is 0 Å². The fourth-order valence-corrected chi connectivity index (χ4v) is 1.70. The van der Waals surface area contributed by atoms with Gasteiger partial charge in [-0.15, -0.1) is 0 Å². The minimum atomic E-state index is -0.156. The van der Waals surface area contributed by atoms with Gasteiger partial charge in [0.25, 0.3) is 0 Å². The highest BCUT2D eigenvalue weighted by atomic mass is 35.5. The Labute approximate surface area is 107 Å². The lowest BCUT2D eigenvalue weighted by molar-refractivity contribution is -0.143. The van der Waals surface area contributed by atoms with Crippen molar-refractivity contribution in [2.24, 2.45) is 0 Å². The highest BCUT2D eigenvalue weighted by Gasteiger charge is 2.02. The van der Waals surface area contributed by atoms with Gasteiger partial charge in [-0.1, -0.05) is 41.9 Å². The fraction of sp³-hybridized carbons (Fsp3) is 0.357. The first kappa shape index (κ1) is 13.8. The maximum atomic E-state index is 11.1. The number of hydrogen-bond donors (Lipinski definition) is 0. The lowest BCUT2D eigenvalue weighted by Crippen LogP contribution is -2.03. The van der Waals surface area contributed by atoms with Crippen LogP contribution in [0.1, 0.15) is 31.7 Å². The first-order valence-corrected chi connectivity index (χ1v) is 6.17. The second-order valence-electron chi connectivity index (χ2n) is 3.66. The molecule has 0 aliphatic heterocycles. The number of halogens is 1. The number of hydrogen-bond acceptors (Lipinski definition) is 2. The summed E-state index contributed by atoms with van der Waals surface area (Å²) in [4.78, 5) is 11.1. The number of esters is 1. The predicted molar refractivity (Wildman–Crippen MR) is 70.8 cm³/mol. The monoisotopic (exact) mass is 252 g/mol. The first-order chi connectivity index (χ1) is 8.22. The summed E-state index contributed by atoms with van der Waals surface area (Å²) in [5, 5.41) is 0.764. The molecule has 0 aliphatic carbocycles. The van der Waals surface area contributed by atoms with Gasteiger partial charge in [-0.05, 0) is 31.4 Å². The molecule has 3 heteroatoms. The van der Waals surface area contributed by atoms with E-state index < -0.39 is 0 Å². The van der Waals surface area contributed by atoms with Crippen molar-refractivity contribution in [2.45, 2.75) is 26.2 Å². The molecule has 0 amide bonds. The van der Waals surface area contributed by atoms with E-state index in [1.165, 1.54) is 0 Å². The topological polar surface area (TPSA) is 26.3 Å². The third kappa shape index (κ3) is 6.12. The van der Waals surface area contributed by atoms with Crippen LogP contribution >= 0.6 is 11.6 Å². The van der Waals surface area contributed by atoms with Crippen molar-refractivity contribution in [1.82, 2.24) is 0 Å². The average molecular weight is 253 g/mol. The van der Waals surface area contributed by atoms with Crippen molar-refractivity contribution >= 4 is 23.6 Å². The summed E-state index contributed by atoms with van der Waals surface area (Å²) in [6.07, 6.45) is 3.77. The van der Waals surface area contributed by atoms with E-state index in [4.69, 9.17) is 16.3 Å². The molecule has 92 valence electrons. The summed E-state index contributed by atoms with van der Waals surface area (Å²) in [5.41, 5.74) is 1.08. The lowest BCUT2D eigenvalue weighted by Gasteiger charge is -2.01.